The third-order valence-electron chi connectivity index (χ3n) is 3.94. The molecule has 0 atom stereocenters. The van der Waals surface area contributed by atoms with Crippen LogP contribution in [0.4, 0.5) is 0 Å². The third kappa shape index (κ3) is 2.01. The van der Waals surface area contributed by atoms with Crippen LogP contribution in [-0.2, 0) is 6.54 Å². The largest absolute Gasteiger partial charge is 0.456 e. The van der Waals surface area contributed by atoms with Crippen molar-refractivity contribution in [2.24, 2.45) is 4.99 Å². The van der Waals surface area contributed by atoms with Crippen LogP contribution in [0, 0.1) is 0 Å². The molecule has 22 heavy (non-hydrogen) atoms. The fourth-order valence-corrected chi connectivity index (χ4v) is 2.96. The summed E-state index contributed by atoms with van der Waals surface area (Å²) in [6, 6.07) is 22.9. The Morgan fingerprint density at radius 3 is 2.55 bits per heavy atom. The van der Waals surface area contributed by atoms with E-state index in [1.54, 1.807) is 0 Å². The topological polar surface area (TPSA) is 25.5 Å². The van der Waals surface area contributed by atoms with E-state index in [1.807, 2.05) is 18.2 Å². The molecule has 2 nitrogen and oxygen atoms in total. The second-order valence-corrected chi connectivity index (χ2v) is 5.36. The highest BCUT2D eigenvalue weighted by atomic mass is 16.3. The van der Waals surface area contributed by atoms with E-state index in [9.17, 15) is 0 Å². The molecule has 0 saturated carbocycles. The molecular formula is C20H15NO. The van der Waals surface area contributed by atoms with Crippen LogP contribution in [0.1, 0.15) is 5.56 Å². The van der Waals surface area contributed by atoms with Gasteiger partial charge in [-0.05, 0) is 35.5 Å². The highest BCUT2D eigenvalue weighted by Crippen LogP contribution is 2.36. The maximum Gasteiger partial charge on any atom is 0.136 e. The fourth-order valence-electron chi connectivity index (χ4n) is 2.96. The zero-order chi connectivity index (χ0) is 14.9. The average molecular weight is 285 g/mol. The summed E-state index contributed by atoms with van der Waals surface area (Å²) in [5.41, 5.74) is 5.33. The number of benzene rings is 3. The molecule has 0 aliphatic carbocycles. The van der Waals surface area contributed by atoms with Gasteiger partial charge in [-0.2, -0.15) is 0 Å². The Bertz CT molecular complexity index is 967. The van der Waals surface area contributed by atoms with Crippen molar-refractivity contribution >= 4 is 28.7 Å². The van der Waals surface area contributed by atoms with Gasteiger partial charge in [0.2, 0.25) is 0 Å². The summed E-state index contributed by atoms with van der Waals surface area (Å²) in [5, 5.41) is 2.31. The highest BCUT2D eigenvalue weighted by molar-refractivity contribution is 6.12. The molecule has 0 amide bonds. The number of aliphatic imine (C=N–C) groups is 1. The minimum Gasteiger partial charge on any atom is -0.456 e. The number of hydrogen-bond acceptors (Lipinski definition) is 2. The molecule has 0 N–H and O–H groups in total. The van der Waals surface area contributed by atoms with E-state index in [2.05, 4.69) is 60.2 Å². The van der Waals surface area contributed by atoms with Gasteiger partial charge in [0.1, 0.15) is 11.2 Å². The zero-order valence-electron chi connectivity index (χ0n) is 12.1. The van der Waals surface area contributed by atoms with Crippen LogP contribution in [-0.4, -0.2) is 6.72 Å². The van der Waals surface area contributed by atoms with E-state index < -0.39 is 0 Å². The van der Waals surface area contributed by atoms with Gasteiger partial charge in [0, 0.05) is 10.8 Å². The van der Waals surface area contributed by atoms with Crippen LogP contribution in [0.15, 0.2) is 76.1 Å². The van der Waals surface area contributed by atoms with E-state index >= 15 is 0 Å². The molecule has 0 aliphatic heterocycles. The molecular weight excluding hydrogens is 270 g/mol. The Labute approximate surface area is 128 Å². The molecule has 0 fully saturated rings. The number of furan rings is 1. The zero-order valence-corrected chi connectivity index (χ0v) is 12.1. The number of fused-ring (bicyclic) bond motifs is 3. The molecule has 0 saturated heterocycles. The first kappa shape index (κ1) is 12.8. The normalized spacial score (nSPS) is 11.1. The number of rotatable bonds is 3. The van der Waals surface area contributed by atoms with E-state index in [0.717, 1.165) is 22.1 Å². The average Bonchev–Trinajstić information content (AvgIpc) is 2.93. The van der Waals surface area contributed by atoms with Crippen molar-refractivity contribution in [3.05, 3.63) is 72.3 Å². The maximum atomic E-state index is 6.04. The maximum absolute atomic E-state index is 6.04. The Morgan fingerprint density at radius 2 is 1.73 bits per heavy atom. The second kappa shape index (κ2) is 5.15. The van der Waals surface area contributed by atoms with Crippen LogP contribution in [0.25, 0.3) is 33.1 Å². The van der Waals surface area contributed by atoms with Crippen molar-refractivity contribution in [2.75, 3.05) is 0 Å². The monoisotopic (exact) mass is 285 g/mol. The summed E-state index contributed by atoms with van der Waals surface area (Å²) < 4.78 is 6.04. The lowest BCUT2D eigenvalue weighted by molar-refractivity contribution is 0.668. The van der Waals surface area contributed by atoms with E-state index in [4.69, 9.17) is 4.42 Å². The van der Waals surface area contributed by atoms with E-state index in [1.165, 1.54) is 16.5 Å². The van der Waals surface area contributed by atoms with Crippen molar-refractivity contribution in [2.45, 2.75) is 6.54 Å². The van der Waals surface area contributed by atoms with Crippen molar-refractivity contribution in [3.8, 4) is 11.1 Å². The first-order valence-corrected chi connectivity index (χ1v) is 7.29. The first-order chi connectivity index (χ1) is 10.9. The minimum absolute atomic E-state index is 0.610. The number of hydrogen-bond donors (Lipinski definition) is 0. The van der Waals surface area contributed by atoms with Crippen molar-refractivity contribution in [1.29, 1.82) is 0 Å². The first-order valence-electron chi connectivity index (χ1n) is 7.29. The summed E-state index contributed by atoms with van der Waals surface area (Å²) in [7, 11) is 0. The molecule has 4 aromatic rings. The lowest BCUT2D eigenvalue weighted by Crippen LogP contribution is -1.80. The van der Waals surface area contributed by atoms with Gasteiger partial charge in [-0.3, -0.25) is 4.99 Å². The summed E-state index contributed by atoms with van der Waals surface area (Å²) in [6.07, 6.45) is 0. The van der Waals surface area contributed by atoms with Gasteiger partial charge < -0.3 is 4.42 Å². The molecule has 1 aromatic heterocycles. The van der Waals surface area contributed by atoms with Crippen LogP contribution >= 0.6 is 0 Å². The highest BCUT2D eigenvalue weighted by Gasteiger charge is 2.12. The molecule has 3 aromatic carbocycles. The van der Waals surface area contributed by atoms with Crippen LogP contribution in [0.3, 0.4) is 0 Å². The number of nitrogens with zero attached hydrogens (tertiary/aromatic N) is 1. The standard InChI is InChI=1S/C20H15NO/c1-21-13-14-10-11-17-19(12-14)22-18-9-5-8-16(20(17)18)15-6-3-2-4-7-15/h2-12H,1,13H2. The van der Waals surface area contributed by atoms with E-state index in [0.29, 0.717) is 6.54 Å². The van der Waals surface area contributed by atoms with Gasteiger partial charge in [-0.15, -0.1) is 0 Å². The van der Waals surface area contributed by atoms with Crippen molar-refractivity contribution in [1.82, 2.24) is 0 Å². The minimum atomic E-state index is 0.610. The van der Waals surface area contributed by atoms with Crippen LogP contribution in [0.2, 0.25) is 0 Å². The summed E-state index contributed by atoms with van der Waals surface area (Å²) in [4.78, 5) is 3.94. The molecule has 106 valence electrons. The lowest BCUT2D eigenvalue weighted by atomic mass is 9.99. The Kier molecular flexibility index (Phi) is 3.01. The molecule has 0 spiro atoms. The Balaban J connectivity index is 2.03. The third-order valence-corrected chi connectivity index (χ3v) is 3.94. The molecule has 0 bridgehead atoms. The van der Waals surface area contributed by atoms with Gasteiger partial charge in [0.15, 0.2) is 0 Å². The van der Waals surface area contributed by atoms with Crippen molar-refractivity contribution < 1.29 is 4.42 Å². The van der Waals surface area contributed by atoms with E-state index in [-0.39, 0.29) is 0 Å². The van der Waals surface area contributed by atoms with Crippen LogP contribution in [0.5, 0.6) is 0 Å². The molecule has 0 radical (unpaired) electrons. The van der Waals surface area contributed by atoms with Crippen molar-refractivity contribution in [3.63, 3.8) is 0 Å². The SMILES string of the molecule is C=NCc1ccc2c(c1)oc1cccc(-c3ccccc3)c12. The van der Waals surface area contributed by atoms with Gasteiger partial charge >= 0.3 is 0 Å². The molecule has 2 heteroatoms. The van der Waals surface area contributed by atoms with Gasteiger partial charge in [0.25, 0.3) is 0 Å². The fraction of sp³-hybridized carbons (Fsp3) is 0.0500. The second-order valence-electron chi connectivity index (χ2n) is 5.36. The van der Waals surface area contributed by atoms with Gasteiger partial charge in [0.05, 0.1) is 6.54 Å². The van der Waals surface area contributed by atoms with Gasteiger partial charge in [-0.1, -0.05) is 54.6 Å². The summed E-state index contributed by atoms with van der Waals surface area (Å²) in [6.45, 7) is 4.16. The van der Waals surface area contributed by atoms with Crippen LogP contribution < -0.4 is 0 Å². The Morgan fingerprint density at radius 1 is 0.864 bits per heavy atom. The lowest BCUT2D eigenvalue weighted by Gasteiger charge is -2.03. The predicted octanol–water partition coefficient (Wildman–Crippen LogP) is 5.45. The van der Waals surface area contributed by atoms with Gasteiger partial charge in [-0.25, -0.2) is 0 Å². The predicted molar refractivity (Wildman–Crippen MR) is 92.4 cm³/mol. The molecule has 4 rings (SSSR count). The smallest absolute Gasteiger partial charge is 0.136 e. The summed E-state index contributed by atoms with van der Waals surface area (Å²) >= 11 is 0. The quantitative estimate of drug-likeness (QED) is 0.459. The molecule has 0 unspecified atom stereocenters. The Hall–Kier alpha value is -2.87. The molecule has 0 aliphatic rings. The molecule has 1 heterocycles. The summed E-state index contributed by atoms with van der Waals surface area (Å²) in [5.74, 6) is 0.